The molecule has 1 aromatic carbocycles. The molecule has 1 saturated heterocycles. The number of ether oxygens (including phenoxy) is 2. The number of nitrogens with zero attached hydrogens (tertiary/aromatic N) is 1. The van der Waals surface area contributed by atoms with Crippen LogP contribution in [0.25, 0.3) is 0 Å². The van der Waals surface area contributed by atoms with E-state index < -0.39 is 0 Å². The molecule has 0 atom stereocenters. The molecule has 0 aliphatic carbocycles. The molecule has 19 heavy (non-hydrogen) atoms. The predicted molar refractivity (Wildman–Crippen MR) is 78.1 cm³/mol. The van der Waals surface area contributed by atoms with E-state index in [1.54, 1.807) is 0 Å². The van der Waals surface area contributed by atoms with Crippen molar-refractivity contribution in [1.29, 1.82) is 0 Å². The molecule has 0 aromatic heterocycles. The van der Waals surface area contributed by atoms with Gasteiger partial charge in [0.2, 0.25) is 0 Å². The first kappa shape index (κ1) is 14.2. The van der Waals surface area contributed by atoms with Gasteiger partial charge in [0.15, 0.2) is 0 Å². The van der Waals surface area contributed by atoms with Crippen LogP contribution < -0.4 is 15.0 Å². The van der Waals surface area contributed by atoms with Gasteiger partial charge in [-0.05, 0) is 25.0 Å². The van der Waals surface area contributed by atoms with Crippen molar-refractivity contribution in [2.75, 3.05) is 45.4 Å². The molecule has 1 heterocycles. The van der Waals surface area contributed by atoms with E-state index in [0.717, 1.165) is 44.0 Å². The number of hydrogen-bond acceptors (Lipinski definition) is 4. The molecule has 0 saturated carbocycles. The molecule has 1 aliphatic heterocycles. The third-order valence-electron chi connectivity index (χ3n) is 3.36. The van der Waals surface area contributed by atoms with E-state index >= 15 is 0 Å². The maximum atomic E-state index is 5.77. The summed E-state index contributed by atoms with van der Waals surface area (Å²) in [6.07, 6.45) is 2.21. The van der Waals surface area contributed by atoms with Gasteiger partial charge in [-0.25, -0.2) is 0 Å². The highest BCUT2D eigenvalue weighted by Crippen LogP contribution is 2.19. The summed E-state index contributed by atoms with van der Waals surface area (Å²) >= 11 is 0. The van der Waals surface area contributed by atoms with Gasteiger partial charge < -0.3 is 19.7 Å². The summed E-state index contributed by atoms with van der Waals surface area (Å²) < 4.78 is 11.1. The second-order valence-electron chi connectivity index (χ2n) is 5.08. The highest BCUT2D eigenvalue weighted by atomic mass is 16.5. The van der Waals surface area contributed by atoms with Crippen LogP contribution in [0.5, 0.6) is 5.75 Å². The van der Waals surface area contributed by atoms with Gasteiger partial charge in [-0.3, -0.25) is 0 Å². The zero-order valence-corrected chi connectivity index (χ0v) is 11.9. The van der Waals surface area contributed by atoms with Crippen LogP contribution in [-0.2, 0) is 4.74 Å². The Morgan fingerprint density at radius 3 is 2.84 bits per heavy atom. The first-order chi connectivity index (χ1) is 9.25. The molecule has 0 radical (unpaired) electrons. The number of anilines is 1. The fourth-order valence-corrected chi connectivity index (χ4v) is 2.19. The summed E-state index contributed by atoms with van der Waals surface area (Å²) in [5.41, 5.74) is 1.16. The zero-order valence-electron chi connectivity index (χ0n) is 11.9. The van der Waals surface area contributed by atoms with Crippen molar-refractivity contribution in [3.63, 3.8) is 0 Å². The van der Waals surface area contributed by atoms with Crippen molar-refractivity contribution >= 4 is 5.69 Å². The molecule has 106 valence electrons. The molecule has 1 N–H and O–H groups in total. The Morgan fingerprint density at radius 2 is 2.11 bits per heavy atom. The van der Waals surface area contributed by atoms with Crippen molar-refractivity contribution in [1.82, 2.24) is 5.32 Å². The lowest BCUT2D eigenvalue weighted by Gasteiger charge is -2.23. The average Bonchev–Trinajstić information content (AvgIpc) is 2.45. The largest absolute Gasteiger partial charge is 0.492 e. The molecule has 0 unspecified atom stereocenters. The Kier molecular flexibility index (Phi) is 5.48. The Balaban J connectivity index is 1.68. The SMILES string of the molecule is CN(C)c1cccc(OCCNC2CCOCC2)c1. The first-order valence-corrected chi connectivity index (χ1v) is 6.97. The summed E-state index contributed by atoms with van der Waals surface area (Å²) in [5, 5.41) is 3.51. The van der Waals surface area contributed by atoms with Crippen molar-refractivity contribution < 1.29 is 9.47 Å². The number of hydrogen-bond donors (Lipinski definition) is 1. The monoisotopic (exact) mass is 264 g/mol. The number of nitrogens with one attached hydrogen (secondary N) is 1. The van der Waals surface area contributed by atoms with Gasteiger partial charge in [-0.2, -0.15) is 0 Å². The van der Waals surface area contributed by atoms with Crippen LogP contribution in [0, 0.1) is 0 Å². The van der Waals surface area contributed by atoms with Crippen molar-refractivity contribution in [3.8, 4) is 5.75 Å². The van der Waals surface area contributed by atoms with Crippen molar-refractivity contribution in [3.05, 3.63) is 24.3 Å². The maximum Gasteiger partial charge on any atom is 0.121 e. The minimum Gasteiger partial charge on any atom is -0.492 e. The molecule has 0 amide bonds. The predicted octanol–water partition coefficient (Wildman–Crippen LogP) is 1.90. The molecular formula is C15H24N2O2. The molecule has 0 bridgehead atoms. The normalized spacial score (nSPS) is 16.3. The minimum absolute atomic E-state index is 0.588. The molecule has 2 rings (SSSR count). The lowest BCUT2D eigenvalue weighted by atomic mass is 10.1. The van der Waals surface area contributed by atoms with Gasteiger partial charge >= 0.3 is 0 Å². The van der Waals surface area contributed by atoms with E-state index in [4.69, 9.17) is 9.47 Å². The van der Waals surface area contributed by atoms with Crippen LogP contribution in [0.4, 0.5) is 5.69 Å². The molecule has 1 aromatic rings. The first-order valence-electron chi connectivity index (χ1n) is 6.97. The fraction of sp³-hybridized carbons (Fsp3) is 0.600. The third kappa shape index (κ3) is 4.73. The number of rotatable bonds is 6. The minimum atomic E-state index is 0.588. The standard InChI is InChI=1S/C15H24N2O2/c1-17(2)14-4-3-5-15(12-14)19-11-8-16-13-6-9-18-10-7-13/h3-5,12-13,16H,6-11H2,1-2H3. The van der Waals surface area contributed by atoms with Crippen molar-refractivity contribution in [2.45, 2.75) is 18.9 Å². The van der Waals surface area contributed by atoms with E-state index in [-0.39, 0.29) is 0 Å². The van der Waals surface area contributed by atoms with E-state index in [1.165, 1.54) is 0 Å². The second-order valence-corrected chi connectivity index (χ2v) is 5.08. The topological polar surface area (TPSA) is 33.7 Å². The highest BCUT2D eigenvalue weighted by molar-refractivity contribution is 5.49. The fourth-order valence-electron chi connectivity index (χ4n) is 2.19. The lowest BCUT2D eigenvalue weighted by molar-refractivity contribution is 0.0770. The number of benzene rings is 1. The van der Waals surface area contributed by atoms with Crippen molar-refractivity contribution in [2.24, 2.45) is 0 Å². The highest BCUT2D eigenvalue weighted by Gasteiger charge is 2.12. The molecule has 0 spiro atoms. The van der Waals surface area contributed by atoms with E-state index in [2.05, 4.69) is 22.3 Å². The summed E-state index contributed by atoms with van der Waals surface area (Å²) in [5.74, 6) is 0.931. The van der Waals surface area contributed by atoms with Crippen LogP contribution in [0.1, 0.15) is 12.8 Å². The molecule has 1 fully saturated rings. The summed E-state index contributed by atoms with van der Waals surface area (Å²) in [7, 11) is 4.07. The molecule has 4 heteroatoms. The summed E-state index contributed by atoms with van der Waals surface area (Å²) in [4.78, 5) is 2.08. The van der Waals surface area contributed by atoms with Gasteiger partial charge in [-0.15, -0.1) is 0 Å². The van der Waals surface area contributed by atoms with Crippen LogP contribution in [0.15, 0.2) is 24.3 Å². The zero-order chi connectivity index (χ0) is 13.5. The van der Waals surface area contributed by atoms with Crippen LogP contribution in [0.2, 0.25) is 0 Å². The van der Waals surface area contributed by atoms with Gasteiger partial charge in [0, 0.05) is 51.6 Å². The van der Waals surface area contributed by atoms with Gasteiger partial charge in [0.25, 0.3) is 0 Å². The molecule has 1 aliphatic rings. The smallest absolute Gasteiger partial charge is 0.121 e. The van der Waals surface area contributed by atoms with Crippen LogP contribution in [0.3, 0.4) is 0 Å². The Bertz CT molecular complexity index is 376. The van der Waals surface area contributed by atoms with E-state index in [1.807, 2.05) is 26.2 Å². The van der Waals surface area contributed by atoms with Gasteiger partial charge in [0.05, 0.1) is 0 Å². The molecule has 4 nitrogen and oxygen atoms in total. The van der Waals surface area contributed by atoms with Crippen LogP contribution >= 0.6 is 0 Å². The van der Waals surface area contributed by atoms with E-state index in [0.29, 0.717) is 12.6 Å². The average molecular weight is 264 g/mol. The third-order valence-corrected chi connectivity index (χ3v) is 3.36. The Morgan fingerprint density at radius 1 is 1.32 bits per heavy atom. The summed E-state index contributed by atoms with van der Waals surface area (Å²) in [6, 6.07) is 8.75. The van der Waals surface area contributed by atoms with E-state index in [9.17, 15) is 0 Å². The quantitative estimate of drug-likeness (QED) is 0.796. The lowest BCUT2D eigenvalue weighted by Crippen LogP contribution is -2.37. The molecular weight excluding hydrogens is 240 g/mol. The van der Waals surface area contributed by atoms with Crippen LogP contribution in [-0.4, -0.2) is 46.5 Å². The van der Waals surface area contributed by atoms with Gasteiger partial charge in [0.1, 0.15) is 12.4 Å². The Labute approximate surface area is 115 Å². The Hall–Kier alpha value is -1.26. The summed E-state index contributed by atoms with van der Waals surface area (Å²) in [6.45, 7) is 3.35. The maximum absolute atomic E-state index is 5.77. The van der Waals surface area contributed by atoms with Gasteiger partial charge in [-0.1, -0.05) is 6.07 Å². The second kappa shape index (κ2) is 7.36.